The van der Waals surface area contributed by atoms with Gasteiger partial charge in [0.15, 0.2) is 0 Å². The van der Waals surface area contributed by atoms with Crippen LogP contribution in [0.1, 0.15) is 11.1 Å². The summed E-state index contributed by atoms with van der Waals surface area (Å²) in [7, 11) is 0. The topological polar surface area (TPSA) is 64.5 Å². The molecule has 0 aliphatic heterocycles. The highest BCUT2D eigenvalue weighted by Crippen LogP contribution is 2.00. The minimum atomic E-state index is 0.139. The second-order valence-corrected chi connectivity index (χ2v) is 5.10. The van der Waals surface area contributed by atoms with E-state index < -0.39 is 0 Å². The van der Waals surface area contributed by atoms with Crippen LogP contribution in [0.15, 0.2) is 60.7 Å². The average Bonchev–Trinajstić information content (AvgIpc) is 2.62. The highest BCUT2D eigenvalue weighted by molar-refractivity contribution is 5.16. The van der Waals surface area contributed by atoms with Crippen molar-refractivity contribution >= 4 is 0 Å². The van der Waals surface area contributed by atoms with Crippen molar-refractivity contribution in [2.75, 3.05) is 32.8 Å². The van der Waals surface area contributed by atoms with Crippen LogP contribution in [0.25, 0.3) is 0 Å². The smallest absolute Gasteiger partial charge is 0.0555 e. The fourth-order valence-electron chi connectivity index (χ4n) is 1.99. The van der Waals surface area contributed by atoms with Gasteiger partial charge in [-0.2, -0.15) is 0 Å². The maximum Gasteiger partial charge on any atom is 0.0555 e. The fourth-order valence-corrected chi connectivity index (χ4v) is 1.99. The molecule has 126 valence electrons. The summed E-state index contributed by atoms with van der Waals surface area (Å²) in [4.78, 5) is 0. The molecule has 0 saturated heterocycles. The van der Waals surface area contributed by atoms with E-state index in [-0.39, 0.29) is 13.2 Å². The van der Waals surface area contributed by atoms with E-state index in [2.05, 4.69) is 65.2 Å². The molecule has 4 nitrogen and oxygen atoms in total. The molecule has 23 heavy (non-hydrogen) atoms. The number of aliphatic hydroxyl groups is 2. The first-order valence-corrected chi connectivity index (χ1v) is 8.08. The van der Waals surface area contributed by atoms with E-state index in [1.54, 1.807) is 0 Å². The van der Waals surface area contributed by atoms with E-state index in [4.69, 9.17) is 10.2 Å². The Hall–Kier alpha value is -1.72. The van der Waals surface area contributed by atoms with Gasteiger partial charge >= 0.3 is 0 Å². The second-order valence-electron chi connectivity index (χ2n) is 5.10. The highest BCUT2D eigenvalue weighted by Gasteiger charge is 1.92. The van der Waals surface area contributed by atoms with Crippen molar-refractivity contribution in [2.24, 2.45) is 0 Å². The Kier molecular flexibility index (Phi) is 11.7. The standard InChI is InChI=1S/C15H17N.C4H11NO2/c1-3-7-14(8-4-1)11-12-16-13-15-9-5-2-6-10-15;6-3-1-5-2-4-7/h1-10,16H,11-13H2;5-7H,1-4H2. The van der Waals surface area contributed by atoms with Gasteiger partial charge in [-0.15, -0.1) is 0 Å². The van der Waals surface area contributed by atoms with E-state index in [1.165, 1.54) is 11.1 Å². The van der Waals surface area contributed by atoms with Gasteiger partial charge in [-0.3, -0.25) is 0 Å². The van der Waals surface area contributed by atoms with E-state index in [9.17, 15) is 0 Å². The lowest BCUT2D eigenvalue weighted by molar-refractivity contribution is 0.267. The monoisotopic (exact) mass is 316 g/mol. The third-order valence-electron chi connectivity index (χ3n) is 3.18. The average molecular weight is 316 g/mol. The molecule has 4 N–H and O–H groups in total. The number of hydrogen-bond donors (Lipinski definition) is 4. The molecule has 0 saturated carbocycles. The molecule has 0 aliphatic rings. The van der Waals surface area contributed by atoms with Gasteiger partial charge in [0, 0.05) is 19.6 Å². The molecule has 0 fully saturated rings. The van der Waals surface area contributed by atoms with Crippen molar-refractivity contribution in [3.63, 3.8) is 0 Å². The molecular weight excluding hydrogens is 288 g/mol. The number of rotatable bonds is 9. The van der Waals surface area contributed by atoms with E-state index in [1.807, 2.05) is 6.07 Å². The predicted octanol–water partition coefficient (Wildman–Crippen LogP) is 1.58. The molecule has 0 aromatic heterocycles. The molecule has 0 aliphatic carbocycles. The second kappa shape index (κ2) is 13.9. The van der Waals surface area contributed by atoms with Gasteiger partial charge in [0.1, 0.15) is 0 Å². The lowest BCUT2D eigenvalue weighted by Crippen LogP contribution is -2.21. The van der Waals surface area contributed by atoms with Gasteiger partial charge in [-0.05, 0) is 24.1 Å². The molecule has 2 aromatic carbocycles. The maximum absolute atomic E-state index is 8.15. The summed E-state index contributed by atoms with van der Waals surface area (Å²) in [6.07, 6.45) is 1.09. The van der Waals surface area contributed by atoms with Crippen molar-refractivity contribution in [1.29, 1.82) is 0 Å². The summed E-state index contributed by atoms with van der Waals surface area (Å²) in [6, 6.07) is 21.1. The lowest BCUT2D eigenvalue weighted by atomic mass is 10.1. The van der Waals surface area contributed by atoms with Gasteiger partial charge < -0.3 is 20.8 Å². The summed E-state index contributed by atoms with van der Waals surface area (Å²) in [5.74, 6) is 0. The number of benzene rings is 2. The van der Waals surface area contributed by atoms with Gasteiger partial charge in [0.05, 0.1) is 13.2 Å². The molecule has 2 rings (SSSR count). The van der Waals surface area contributed by atoms with Gasteiger partial charge in [-0.1, -0.05) is 60.7 Å². The first-order chi connectivity index (χ1) is 11.4. The molecular formula is C19H28N2O2. The first kappa shape index (κ1) is 19.3. The van der Waals surface area contributed by atoms with Crippen molar-refractivity contribution in [2.45, 2.75) is 13.0 Å². The quantitative estimate of drug-likeness (QED) is 0.531. The van der Waals surface area contributed by atoms with Gasteiger partial charge in [-0.25, -0.2) is 0 Å². The van der Waals surface area contributed by atoms with Crippen molar-refractivity contribution in [3.05, 3.63) is 71.8 Å². The van der Waals surface area contributed by atoms with Gasteiger partial charge in [0.25, 0.3) is 0 Å². The Morgan fingerprint density at radius 3 is 1.65 bits per heavy atom. The zero-order chi connectivity index (χ0) is 16.6. The molecule has 0 unspecified atom stereocenters. The summed E-state index contributed by atoms with van der Waals surface area (Å²) >= 11 is 0. The predicted molar refractivity (Wildman–Crippen MR) is 95.3 cm³/mol. The first-order valence-electron chi connectivity index (χ1n) is 8.08. The van der Waals surface area contributed by atoms with Crippen LogP contribution < -0.4 is 10.6 Å². The number of nitrogens with one attached hydrogen (secondary N) is 2. The zero-order valence-corrected chi connectivity index (χ0v) is 13.6. The Morgan fingerprint density at radius 2 is 1.13 bits per heavy atom. The normalized spacial score (nSPS) is 10.0. The summed E-state index contributed by atoms with van der Waals surface area (Å²) < 4.78 is 0. The Morgan fingerprint density at radius 1 is 0.609 bits per heavy atom. The minimum absolute atomic E-state index is 0.139. The van der Waals surface area contributed by atoms with Crippen LogP contribution in [0.5, 0.6) is 0 Å². The van der Waals surface area contributed by atoms with Crippen LogP contribution in [-0.4, -0.2) is 43.1 Å². The van der Waals surface area contributed by atoms with Crippen molar-refractivity contribution < 1.29 is 10.2 Å². The van der Waals surface area contributed by atoms with Crippen LogP contribution in [-0.2, 0) is 13.0 Å². The van der Waals surface area contributed by atoms with Crippen molar-refractivity contribution in [1.82, 2.24) is 10.6 Å². The fraction of sp³-hybridized carbons (Fsp3) is 0.368. The van der Waals surface area contributed by atoms with Crippen molar-refractivity contribution in [3.8, 4) is 0 Å². The largest absolute Gasteiger partial charge is 0.395 e. The molecule has 0 heterocycles. The lowest BCUT2D eigenvalue weighted by Gasteiger charge is -2.04. The Balaban J connectivity index is 0.000000322. The molecule has 0 radical (unpaired) electrons. The Bertz CT molecular complexity index is 432. The number of hydrogen-bond acceptors (Lipinski definition) is 4. The zero-order valence-electron chi connectivity index (χ0n) is 13.6. The van der Waals surface area contributed by atoms with Gasteiger partial charge in [0.2, 0.25) is 0 Å². The highest BCUT2D eigenvalue weighted by atomic mass is 16.3. The summed E-state index contributed by atoms with van der Waals surface area (Å²) in [5.41, 5.74) is 2.73. The van der Waals surface area contributed by atoms with E-state index >= 15 is 0 Å². The van der Waals surface area contributed by atoms with Crippen LogP contribution in [0.3, 0.4) is 0 Å². The Labute approximate surface area is 139 Å². The summed E-state index contributed by atoms with van der Waals surface area (Å²) in [6.45, 7) is 3.40. The number of aliphatic hydroxyl groups excluding tert-OH is 2. The van der Waals surface area contributed by atoms with E-state index in [0.717, 1.165) is 19.5 Å². The van der Waals surface area contributed by atoms with Crippen LogP contribution >= 0.6 is 0 Å². The molecule has 0 spiro atoms. The molecule has 0 amide bonds. The SMILES string of the molecule is OCCNCCO.c1ccc(CCNCc2ccccc2)cc1. The third kappa shape index (κ3) is 10.6. The molecule has 2 aromatic rings. The maximum atomic E-state index is 8.15. The molecule has 0 atom stereocenters. The van der Waals surface area contributed by atoms with Crippen LogP contribution in [0, 0.1) is 0 Å². The summed E-state index contributed by atoms with van der Waals surface area (Å²) in [5, 5.41) is 22.5. The van der Waals surface area contributed by atoms with Crippen LogP contribution in [0.4, 0.5) is 0 Å². The van der Waals surface area contributed by atoms with E-state index in [0.29, 0.717) is 13.1 Å². The third-order valence-corrected chi connectivity index (χ3v) is 3.18. The minimum Gasteiger partial charge on any atom is -0.395 e. The van der Waals surface area contributed by atoms with Crippen LogP contribution in [0.2, 0.25) is 0 Å². The molecule has 4 heteroatoms. The molecule has 0 bridgehead atoms.